The molecule has 1 aliphatic rings. The van der Waals surface area contributed by atoms with E-state index in [1.54, 1.807) is 21.3 Å². The Morgan fingerprint density at radius 1 is 0.838 bits per heavy atom. The van der Waals surface area contributed by atoms with Gasteiger partial charge in [0.1, 0.15) is 0 Å². The Morgan fingerprint density at radius 3 is 1.95 bits per heavy atom. The zero-order valence-corrected chi connectivity index (χ0v) is 22.4. The molecule has 0 spiro atoms. The highest BCUT2D eigenvalue weighted by molar-refractivity contribution is 5.89. The lowest BCUT2D eigenvalue weighted by atomic mass is 9.87. The van der Waals surface area contributed by atoms with E-state index in [1.807, 2.05) is 41.3 Å². The van der Waals surface area contributed by atoms with Crippen LogP contribution in [-0.2, 0) is 5.41 Å². The topological polar surface area (TPSA) is 89.1 Å². The smallest absolute Gasteiger partial charge is 0.321 e. The van der Waals surface area contributed by atoms with Crippen molar-refractivity contribution in [2.24, 2.45) is 0 Å². The fourth-order valence-corrected chi connectivity index (χ4v) is 4.27. The van der Waals surface area contributed by atoms with E-state index < -0.39 is 0 Å². The van der Waals surface area contributed by atoms with Crippen molar-refractivity contribution >= 4 is 17.5 Å². The number of benzene rings is 2. The maximum atomic E-state index is 12.8. The fraction of sp³-hybridized carbons (Fsp3) is 0.393. The van der Waals surface area contributed by atoms with Crippen LogP contribution in [0.25, 0.3) is 11.3 Å². The standard InChI is InChI=1S/C28H35N5O4/c1-28(2,3)20-7-9-21(10-8-20)29-27(34)33-15-13-32(14-16-33)25-12-11-22(30-31-25)19-17-23(35-4)26(37-6)24(18-19)36-5/h7-12,17-18H,13-16H2,1-6H3,(H,29,34). The van der Waals surface area contributed by atoms with Crippen LogP contribution in [0.2, 0.25) is 0 Å². The summed E-state index contributed by atoms with van der Waals surface area (Å²) in [6.45, 7) is 9.07. The van der Waals surface area contributed by atoms with Crippen molar-refractivity contribution in [2.45, 2.75) is 26.2 Å². The first-order valence-electron chi connectivity index (χ1n) is 12.3. The monoisotopic (exact) mass is 505 g/mol. The number of nitrogens with one attached hydrogen (secondary N) is 1. The van der Waals surface area contributed by atoms with E-state index in [4.69, 9.17) is 14.2 Å². The number of hydrogen-bond donors (Lipinski definition) is 1. The first kappa shape index (κ1) is 26.1. The normalized spacial score (nSPS) is 13.8. The van der Waals surface area contributed by atoms with E-state index in [-0.39, 0.29) is 11.4 Å². The minimum Gasteiger partial charge on any atom is -0.493 e. The molecule has 0 bridgehead atoms. The van der Waals surface area contributed by atoms with Crippen LogP contribution in [0.4, 0.5) is 16.3 Å². The van der Waals surface area contributed by atoms with Crippen molar-refractivity contribution < 1.29 is 19.0 Å². The van der Waals surface area contributed by atoms with Gasteiger partial charge in [-0.3, -0.25) is 0 Å². The number of piperazine rings is 1. The number of anilines is 2. The van der Waals surface area contributed by atoms with E-state index in [9.17, 15) is 4.79 Å². The van der Waals surface area contributed by atoms with Crippen molar-refractivity contribution in [3.63, 3.8) is 0 Å². The molecule has 1 fully saturated rings. The minimum absolute atomic E-state index is 0.0777. The van der Waals surface area contributed by atoms with Crippen molar-refractivity contribution in [3.8, 4) is 28.5 Å². The van der Waals surface area contributed by atoms with Crippen LogP contribution in [0.1, 0.15) is 26.3 Å². The molecule has 9 nitrogen and oxygen atoms in total. The van der Waals surface area contributed by atoms with Crippen molar-refractivity contribution in [2.75, 3.05) is 57.7 Å². The Bertz CT molecular complexity index is 1190. The molecule has 2 aromatic carbocycles. The second kappa shape index (κ2) is 10.9. The molecule has 4 rings (SSSR count). The predicted molar refractivity (Wildman–Crippen MR) is 145 cm³/mol. The first-order valence-corrected chi connectivity index (χ1v) is 12.3. The Labute approximate surface area is 218 Å². The molecule has 2 heterocycles. The summed E-state index contributed by atoms with van der Waals surface area (Å²) in [6.07, 6.45) is 0. The second-order valence-electron chi connectivity index (χ2n) is 9.92. The fourth-order valence-electron chi connectivity index (χ4n) is 4.27. The van der Waals surface area contributed by atoms with Crippen LogP contribution in [0.15, 0.2) is 48.5 Å². The minimum atomic E-state index is -0.0907. The number of urea groups is 1. The van der Waals surface area contributed by atoms with Gasteiger partial charge in [0, 0.05) is 37.4 Å². The zero-order chi connectivity index (χ0) is 26.6. The molecule has 0 radical (unpaired) electrons. The van der Waals surface area contributed by atoms with E-state index >= 15 is 0 Å². The number of hydrogen-bond acceptors (Lipinski definition) is 7. The van der Waals surface area contributed by atoms with Crippen molar-refractivity contribution in [3.05, 3.63) is 54.1 Å². The number of methoxy groups -OCH3 is 3. The first-order chi connectivity index (χ1) is 17.7. The van der Waals surface area contributed by atoms with Gasteiger partial charge in [-0.15, -0.1) is 10.2 Å². The summed E-state index contributed by atoms with van der Waals surface area (Å²) in [6, 6.07) is 15.5. The Balaban J connectivity index is 1.37. The number of amides is 2. The van der Waals surface area contributed by atoms with Crippen LogP contribution < -0.4 is 24.4 Å². The average Bonchev–Trinajstić information content (AvgIpc) is 2.92. The van der Waals surface area contributed by atoms with Gasteiger partial charge in [-0.25, -0.2) is 4.79 Å². The van der Waals surface area contributed by atoms with Gasteiger partial charge in [0.15, 0.2) is 17.3 Å². The number of ether oxygens (including phenoxy) is 3. The molecule has 1 saturated heterocycles. The van der Waals surface area contributed by atoms with E-state index in [1.165, 1.54) is 5.56 Å². The molecule has 1 N–H and O–H groups in total. The summed E-state index contributed by atoms with van der Waals surface area (Å²) in [5, 5.41) is 11.9. The second-order valence-corrected chi connectivity index (χ2v) is 9.92. The van der Waals surface area contributed by atoms with E-state index in [2.05, 4.69) is 53.3 Å². The third-order valence-corrected chi connectivity index (χ3v) is 6.50. The molecule has 0 saturated carbocycles. The summed E-state index contributed by atoms with van der Waals surface area (Å²) in [7, 11) is 4.74. The van der Waals surface area contributed by atoms with Gasteiger partial charge < -0.3 is 29.3 Å². The third-order valence-electron chi connectivity index (χ3n) is 6.50. The highest BCUT2D eigenvalue weighted by Crippen LogP contribution is 2.40. The number of rotatable bonds is 6. The molecule has 37 heavy (non-hydrogen) atoms. The van der Waals surface area contributed by atoms with E-state index in [0.717, 1.165) is 17.1 Å². The maximum absolute atomic E-state index is 12.8. The summed E-state index contributed by atoms with van der Waals surface area (Å²) in [4.78, 5) is 16.7. The molecule has 0 aliphatic carbocycles. The molecular formula is C28H35N5O4. The number of carbonyl (C=O) groups is 1. The lowest BCUT2D eigenvalue weighted by Crippen LogP contribution is -2.50. The summed E-state index contributed by atoms with van der Waals surface area (Å²) in [5.41, 5.74) is 3.61. The lowest BCUT2D eigenvalue weighted by Gasteiger charge is -2.35. The van der Waals surface area contributed by atoms with Crippen LogP contribution in [0.3, 0.4) is 0 Å². The maximum Gasteiger partial charge on any atom is 0.321 e. The number of aromatic nitrogens is 2. The molecule has 9 heteroatoms. The molecule has 0 unspecified atom stereocenters. The largest absolute Gasteiger partial charge is 0.493 e. The average molecular weight is 506 g/mol. The quantitative estimate of drug-likeness (QED) is 0.514. The van der Waals surface area contributed by atoms with Crippen molar-refractivity contribution in [1.82, 2.24) is 15.1 Å². The van der Waals surface area contributed by atoms with Crippen LogP contribution >= 0.6 is 0 Å². The van der Waals surface area contributed by atoms with E-state index in [0.29, 0.717) is 49.1 Å². The molecule has 3 aromatic rings. The Kier molecular flexibility index (Phi) is 7.71. The lowest BCUT2D eigenvalue weighted by molar-refractivity contribution is 0.208. The van der Waals surface area contributed by atoms with Gasteiger partial charge >= 0.3 is 6.03 Å². The molecular weight excluding hydrogens is 470 g/mol. The van der Waals surface area contributed by atoms with Gasteiger partial charge in [0.05, 0.1) is 27.0 Å². The summed E-state index contributed by atoms with van der Waals surface area (Å²) in [5.74, 6) is 2.42. The highest BCUT2D eigenvalue weighted by Gasteiger charge is 2.23. The van der Waals surface area contributed by atoms with Gasteiger partial charge in [-0.05, 0) is 47.4 Å². The number of carbonyl (C=O) groups excluding carboxylic acids is 1. The van der Waals surface area contributed by atoms with Gasteiger partial charge in [0.25, 0.3) is 0 Å². The summed E-state index contributed by atoms with van der Waals surface area (Å²) < 4.78 is 16.3. The molecule has 2 amide bonds. The van der Waals surface area contributed by atoms with Crippen LogP contribution in [0.5, 0.6) is 17.2 Å². The Hall–Kier alpha value is -4.01. The van der Waals surface area contributed by atoms with Gasteiger partial charge in [-0.2, -0.15) is 0 Å². The van der Waals surface area contributed by atoms with Gasteiger partial charge in [0.2, 0.25) is 5.75 Å². The predicted octanol–water partition coefficient (Wildman–Crippen LogP) is 4.82. The zero-order valence-electron chi connectivity index (χ0n) is 22.4. The van der Waals surface area contributed by atoms with Crippen LogP contribution in [-0.4, -0.2) is 68.6 Å². The molecule has 1 aliphatic heterocycles. The molecule has 196 valence electrons. The number of nitrogens with zero attached hydrogens (tertiary/aromatic N) is 4. The summed E-state index contributed by atoms with van der Waals surface area (Å²) >= 11 is 0. The molecule has 1 aromatic heterocycles. The highest BCUT2D eigenvalue weighted by atomic mass is 16.5. The van der Waals surface area contributed by atoms with Gasteiger partial charge in [-0.1, -0.05) is 32.9 Å². The SMILES string of the molecule is COc1cc(-c2ccc(N3CCN(C(=O)Nc4ccc(C(C)(C)C)cc4)CC3)nn2)cc(OC)c1OC. The third kappa shape index (κ3) is 5.87. The Morgan fingerprint density at radius 2 is 1.46 bits per heavy atom. The molecule has 0 atom stereocenters. The van der Waals surface area contributed by atoms with Crippen LogP contribution in [0, 0.1) is 0 Å². The van der Waals surface area contributed by atoms with Crippen molar-refractivity contribution in [1.29, 1.82) is 0 Å².